The van der Waals surface area contributed by atoms with E-state index in [4.69, 9.17) is 5.73 Å². The summed E-state index contributed by atoms with van der Waals surface area (Å²) in [5.74, 6) is 0.532. The van der Waals surface area contributed by atoms with Gasteiger partial charge in [0.1, 0.15) is 12.7 Å². The fourth-order valence-corrected chi connectivity index (χ4v) is 3.13. The lowest BCUT2D eigenvalue weighted by Crippen LogP contribution is -2.34. The van der Waals surface area contributed by atoms with Crippen molar-refractivity contribution >= 4 is 5.91 Å². The van der Waals surface area contributed by atoms with E-state index in [2.05, 4.69) is 15.4 Å². The number of carbonyl (C=O) groups is 1. The van der Waals surface area contributed by atoms with Gasteiger partial charge in [-0.1, -0.05) is 18.6 Å². The lowest BCUT2D eigenvalue weighted by molar-refractivity contribution is -0.126. The Bertz CT molecular complexity index is 625. The van der Waals surface area contributed by atoms with Crippen molar-refractivity contribution in [3.05, 3.63) is 42.5 Å². The highest BCUT2D eigenvalue weighted by molar-refractivity contribution is 5.79. The second kappa shape index (κ2) is 6.70. The Morgan fingerprint density at radius 3 is 3.09 bits per heavy atom. The zero-order valence-electron chi connectivity index (χ0n) is 12.5. The van der Waals surface area contributed by atoms with Crippen LogP contribution in [-0.2, 0) is 11.3 Å². The Balaban J connectivity index is 1.62. The third kappa shape index (κ3) is 3.17. The molecule has 0 unspecified atom stereocenters. The van der Waals surface area contributed by atoms with E-state index in [1.807, 2.05) is 24.3 Å². The highest BCUT2D eigenvalue weighted by Gasteiger charge is 2.31. The standard InChI is InChI=1S/C16H21N5O/c17-8-13-4-2-6-15(13)16(22)19-9-12-3-1-5-14(7-12)21-11-18-10-20-21/h1,3,5,7,10-11,13,15H,2,4,6,8-9,17H2,(H,19,22)/t13-,15-/m1/s1. The number of carbonyl (C=O) groups excluding carboxylic acids is 1. The third-order valence-corrected chi connectivity index (χ3v) is 4.36. The molecule has 22 heavy (non-hydrogen) atoms. The van der Waals surface area contributed by atoms with E-state index < -0.39 is 0 Å². The SMILES string of the molecule is NC[C@H]1CCC[C@H]1C(=O)NCc1cccc(-n2cncn2)c1. The molecule has 0 spiro atoms. The average Bonchev–Trinajstić information content (AvgIpc) is 3.23. The summed E-state index contributed by atoms with van der Waals surface area (Å²) < 4.78 is 1.70. The Hall–Kier alpha value is -2.21. The van der Waals surface area contributed by atoms with Gasteiger partial charge in [-0.3, -0.25) is 4.79 Å². The van der Waals surface area contributed by atoms with Crippen LogP contribution < -0.4 is 11.1 Å². The zero-order chi connectivity index (χ0) is 15.4. The maximum atomic E-state index is 12.3. The Kier molecular flexibility index (Phi) is 4.48. The lowest BCUT2D eigenvalue weighted by Gasteiger charge is -2.17. The molecular formula is C16H21N5O. The highest BCUT2D eigenvalue weighted by Crippen LogP contribution is 2.30. The number of benzene rings is 1. The quantitative estimate of drug-likeness (QED) is 0.870. The molecule has 3 rings (SSSR count). The molecule has 1 aromatic heterocycles. The molecule has 6 nitrogen and oxygen atoms in total. The van der Waals surface area contributed by atoms with Crippen LogP contribution in [0.25, 0.3) is 5.69 Å². The number of nitrogens with one attached hydrogen (secondary N) is 1. The summed E-state index contributed by atoms with van der Waals surface area (Å²) >= 11 is 0. The molecule has 3 N–H and O–H groups in total. The van der Waals surface area contributed by atoms with E-state index in [-0.39, 0.29) is 11.8 Å². The van der Waals surface area contributed by atoms with Crippen LogP contribution in [0.3, 0.4) is 0 Å². The van der Waals surface area contributed by atoms with Crippen molar-refractivity contribution in [2.45, 2.75) is 25.8 Å². The number of hydrogen-bond donors (Lipinski definition) is 2. The first-order valence-corrected chi connectivity index (χ1v) is 7.69. The summed E-state index contributed by atoms with van der Waals surface area (Å²) in [5.41, 5.74) is 7.73. The Labute approximate surface area is 129 Å². The molecule has 2 aromatic rings. The summed E-state index contributed by atoms with van der Waals surface area (Å²) in [7, 11) is 0. The third-order valence-electron chi connectivity index (χ3n) is 4.36. The largest absolute Gasteiger partial charge is 0.352 e. The molecule has 0 saturated heterocycles. The molecule has 1 amide bonds. The van der Waals surface area contributed by atoms with Gasteiger partial charge < -0.3 is 11.1 Å². The number of aromatic nitrogens is 3. The lowest BCUT2D eigenvalue weighted by atomic mass is 9.95. The molecule has 0 radical (unpaired) electrons. The number of nitrogens with zero attached hydrogens (tertiary/aromatic N) is 3. The predicted molar refractivity (Wildman–Crippen MR) is 83.1 cm³/mol. The molecule has 1 heterocycles. The van der Waals surface area contributed by atoms with Gasteiger partial charge >= 0.3 is 0 Å². The van der Waals surface area contributed by atoms with E-state index >= 15 is 0 Å². The van der Waals surface area contributed by atoms with E-state index in [9.17, 15) is 4.79 Å². The minimum absolute atomic E-state index is 0.0727. The summed E-state index contributed by atoms with van der Waals surface area (Å²) in [5, 5.41) is 7.15. The van der Waals surface area contributed by atoms with Crippen LogP contribution >= 0.6 is 0 Å². The van der Waals surface area contributed by atoms with Crippen molar-refractivity contribution in [2.75, 3.05) is 6.54 Å². The summed E-state index contributed by atoms with van der Waals surface area (Å²) in [6, 6.07) is 7.91. The van der Waals surface area contributed by atoms with Crippen molar-refractivity contribution in [2.24, 2.45) is 17.6 Å². The number of hydrogen-bond acceptors (Lipinski definition) is 4. The van der Waals surface area contributed by atoms with Gasteiger partial charge in [-0.25, -0.2) is 9.67 Å². The van der Waals surface area contributed by atoms with Gasteiger partial charge in [-0.2, -0.15) is 5.10 Å². The van der Waals surface area contributed by atoms with Crippen molar-refractivity contribution < 1.29 is 4.79 Å². The van der Waals surface area contributed by atoms with Crippen LogP contribution in [0, 0.1) is 11.8 Å². The summed E-state index contributed by atoms with van der Waals surface area (Å²) in [6.07, 6.45) is 6.27. The highest BCUT2D eigenvalue weighted by atomic mass is 16.1. The van der Waals surface area contributed by atoms with Crippen LogP contribution in [0.15, 0.2) is 36.9 Å². The van der Waals surface area contributed by atoms with E-state index in [0.717, 1.165) is 30.5 Å². The van der Waals surface area contributed by atoms with Gasteiger partial charge in [-0.05, 0) is 43.0 Å². The maximum absolute atomic E-state index is 12.3. The summed E-state index contributed by atoms with van der Waals surface area (Å²) in [6.45, 7) is 1.12. The average molecular weight is 299 g/mol. The first-order chi connectivity index (χ1) is 10.8. The maximum Gasteiger partial charge on any atom is 0.223 e. The molecule has 0 aliphatic heterocycles. The van der Waals surface area contributed by atoms with E-state index in [0.29, 0.717) is 19.0 Å². The minimum Gasteiger partial charge on any atom is -0.352 e. The van der Waals surface area contributed by atoms with Gasteiger partial charge in [0, 0.05) is 12.5 Å². The molecular weight excluding hydrogens is 278 g/mol. The van der Waals surface area contributed by atoms with Gasteiger partial charge in [0.2, 0.25) is 5.91 Å². The fourth-order valence-electron chi connectivity index (χ4n) is 3.13. The van der Waals surface area contributed by atoms with E-state index in [1.54, 1.807) is 11.0 Å². The van der Waals surface area contributed by atoms with Crippen LogP contribution in [0.2, 0.25) is 0 Å². The monoisotopic (exact) mass is 299 g/mol. The fraction of sp³-hybridized carbons (Fsp3) is 0.438. The molecule has 1 saturated carbocycles. The smallest absolute Gasteiger partial charge is 0.223 e. The summed E-state index contributed by atoms with van der Waals surface area (Å²) in [4.78, 5) is 16.3. The van der Waals surface area contributed by atoms with Crippen molar-refractivity contribution in [1.82, 2.24) is 20.1 Å². The molecule has 1 aromatic carbocycles. The predicted octanol–water partition coefficient (Wildman–Crippen LogP) is 1.26. The van der Waals surface area contributed by atoms with Crippen molar-refractivity contribution in [1.29, 1.82) is 0 Å². The second-order valence-corrected chi connectivity index (χ2v) is 5.76. The number of rotatable bonds is 5. The molecule has 0 bridgehead atoms. The van der Waals surface area contributed by atoms with Crippen LogP contribution in [-0.4, -0.2) is 27.2 Å². The number of amides is 1. The first kappa shape index (κ1) is 14.7. The molecule has 1 aliphatic rings. The number of nitrogens with two attached hydrogens (primary N) is 1. The topological polar surface area (TPSA) is 85.8 Å². The molecule has 2 atom stereocenters. The zero-order valence-corrected chi connectivity index (χ0v) is 12.5. The minimum atomic E-state index is 0.0727. The molecule has 1 aliphatic carbocycles. The first-order valence-electron chi connectivity index (χ1n) is 7.69. The van der Waals surface area contributed by atoms with Gasteiger partial charge in [0.05, 0.1) is 5.69 Å². The van der Waals surface area contributed by atoms with Crippen LogP contribution in [0.1, 0.15) is 24.8 Å². The molecule has 6 heteroatoms. The second-order valence-electron chi connectivity index (χ2n) is 5.76. The van der Waals surface area contributed by atoms with Gasteiger partial charge in [-0.15, -0.1) is 0 Å². The van der Waals surface area contributed by atoms with Gasteiger partial charge in [0.25, 0.3) is 0 Å². The molecule has 116 valence electrons. The van der Waals surface area contributed by atoms with E-state index in [1.165, 1.54) is 6.33 Å². The molecule has 1 fully saturated rings. The van der Waals surface area contributed by atoms with Crippen molar-refractivity contribution in [3.63, 3.8) is 0 Å². The normalized spacial score (nSPS) is 21.0. The van der Waals surface area contributed by atoms with Crippen molar-refractivity contribution in [3.8, 4) is 5.69 Å². The Morgan fingerprint density at radius 2 is 2.32 bits per heavy atom. The van der Waals surface area contributed by atoms with Crippen LogP contribution in [0.5, 0.6) is 0 Å². The Morgan fingerprint density at radius 1 is 1.41 bits per heavy atom. The van der Waals surface area contributed by atoms with Crippen LogP contribution in [0.4, 0.5) is 0 Å². The van der Waals surface area contributed by atoms with Gasteiger partial charge in [0.15, 0.2) is 0 Å².